The fraction of sp³-hybridized carbons (Fsp3) is 0.200. The van der Waals surface area contributed by atoms with E-state index in [0.717, 1.165) is 16.7 Å². The summed E-state index contributed by atoms with van der Waals surface area (Å²) in [6, 6.07) is 12.8. The molecule has 0 unspecified atom stereocenters. The minimum absolute atomic E-state index is 0.0410. The SMILES string of the molecule is CN(CC(=O)O)Cc1ccc(-c2c[c]cnc2)cc1. The van der Waals surface area contributed by atoms with Crippen molar-refractivity contribution in [2.24, 2.45) is 0 Å². The molecule has 0 bridgehead atoms. The van der Waals surface area contributed by atoms with Crippen molar-refractivity contribution < 1.29 is 9.90 Å². The number of carboxylic acid groups (broad SMARTS) is 1. The van der Waals surface area contributed by atoms with E-state index in [1.807, 2.05) is 30.3 Å². The van der Waals surface area contributed by atoms with Gasteiger partial charge in [-0.1, -0.05) is 24.3 Å². The molecule has 1 aromatic carbocycles. The molecule has 1 N–H and O–H groups in total. The first-order valence-electron chi connectivity index (χ1n) is 5.96. The van der Waals surface area contributed by atoms with Gasteiger partial charge in [-0.15, -0.1) is 0 Å². The summed E-state index contributed by atoms with van der Waals surface area (Å²) in [6.07, 6.45) is 3.42. The van der Waals surface area contributed by atoms with E-state index in [-0.39, 0.29) is 6.54 Å². The van der Waals surface area contributed by atoms with Crippen molar-refractivity contribution in [2.75, 3.05) is 13.6 Å². The van der Waals surface area contributed by atoms with Gasteiger partial charge in [0.15, 0.2) is 0 Å². The molecule has 97 valence electrons. The molecule has 0 aliphatic carbocycles. The molecule has 1 radical (unpaired) electrons. The lowest BCUT2D eigenvalue weighted by Gasteiger charge is -2.14. The van der Waals surface area contributed by atoms with Crippen LogP contribution >= 0.6 is 0 Å². The number of aromatic nitrogens is 1. The van der Waals surface area contributed by atoms with E-state index in [4.69, 9.17) is 5.11 Å². The molecule has 4 heteroatoms. The van der Waals surface area contributed by atoms with Crippen LogP contribution < -0.4 is 0 Å². The first kappa shape index (κ1) is 13.2. The third-order valence-corrected chi connectivity index (χ3v) is 2.75. The normalized spacial score (nSPS) is 10.6. The minimum atomic E-state index is -0.815. The maximum atomic E-state index is 10.6. The van der Waals surface area contributed by atoms with Gasteiger partial charge in [-0.2, -0.15) is 0 Å². The summed E-state index contributed by atoms with van der Waals surface area (Å²) in [5.41, 5.74) is 3.18. The molecule has 0 atom stereocenters. The fourth-order valence-electron chi connectivity index (χ4n) is 1.88. The topological polar surface area (TPSA) is 53.4 Å². The molecule has 1 heterocycles. The first-order valence-corrected chi connectivity index (χ1v) is 5.96. The van der Waals surface area contributed by atoms with Gasteiger partial charge in [0.1, 0.15) is 0 Å². The van der Waals surface area contributed by atoms with Gasteiger partial charge in [0.2, 0.25) is 0 Å². The Hall–Kier alpha value is -2.20. The summed E-state index contributed by atoms with van der Waals surface area (Å²) >= 11 is 0. The number of rotatable bonds is 5. The average Bonchev–Trinajstić information content (AvgIpc) is 2.39. The summed E-state index contributed by atoms with van der Waals surface area (Å²) in [6.45, 7) is 0.658. The summed E-state index contributed by atoms with van der Waals surface area (Å²) < 4.78 is 0. The zero-order valence-electron chi connectivity index (χ0n) is 10.7. The number of pyridine rings is 1. The highest BCUT2D eigenvalue weighted by molar-refractivity contribution is 5.69. The van der Waals surface area contributed by atoms with Crippen LogP contribution in [0.25, 0.3) is 11.1 Å². The highest BCUT2D eigenvalue weighted by atomic mass is 16.4. The fourth-order valence-corrected chi connectivity index (χ4v) is 1.88. The Kier molecular flexibility index (Phi) is 4.26. The lowest BCUT2D eigenvalue weighted by Crippen LogP contribution is -2.25. The Labute approximate surface area is 112 Å². The van der Waals surface area contributed by atoms with Gasteiger partial charge < -0.3 is 5.11 Å². The zero-order valence-corrected chi connectivity index (χ0v) is 10.7. The second-order valence-electron chi connectivity index (χ2n) is 4.44. The summed E-state index contributed by atoms with van der Waals surface area (Å²) in [4.78, 5) is 16.4. The van der Waals surface area contributed by atoms with Crippen LogP contribution in [-0.2, 0) is 11.3 Å². The number of likely N-dealkylation sites (N-methyl/N-ethyl adjacent to an activating group) is 1. The van der Waals surface area contributed by atoms with Crippen LogP contribution in [0.15, 0.2) is 42.7 Å². The van der Waals surface area contributed by atoms with Gasteiger partial charge in [-0.25, -0.2) is 0 Å². The van der Waals surface area contributed by atoms with E-state index in [2.05, 4.69) is 11.1 Å². The van der Waals surface area contributed by atoms with E-state index < -0.39 is 5.97 Å². The molecule has 0 saturated carbocycles. The Morgan fingerprint density at radius 2 is 2.05 bits per heavy atom. The largest absolute Gasteiger partial charge is 0.480 e. The first-order chi connectivity index (χ1) is 9.15. The van der Waals surface area contributed by atoms with E-state index in [9.17, 15) is 4.79 Å². The molecule has 0 aliphatic rings. The van der Waals surface area contributed by atoms with Crippen LogP contribution in [0.5, 0.6) is 0 Å². The predicted octanol–water partition coefficient (Wildman–Crippen LogP) is 2.07. The second kappa shape index (κ2) is 6.11. The molecular formula is C15H15N2O2. The van der Waals surface area contributed by atoms with Crippen LogP contribution in [0, 0.1) is 6.07 Å². The quantitative estimate of drug-likeness (QED) is 0.888. The molecule has 2 aromatic rings. The van der Waals surface area contributed by atoms with Gasteiger partial charge in [-0.05, 0) is 24.2 Å². The van der Waals surface area contributed by atoms with Crippen LogP contribution in [0.2, 0.25) is 0 Å². The highest BCUT2D eigenvalue weighted by Gasteiger charge is 2.05. The Balaban J connectivity index is 2.05. The Bertz CT molecular complexity index is 538. The van der Waals surface area contributed by atoms with Crippen molar-refractivity contribution in [3.05, 3.63) is 54.4 Å². The van der Waals surface area contributed by atoms with Gasteiger partial charge in [0, 0.05) is 30.6 Å². The molecule has 0 aliphatic heterocycles. The van der Waals surface area contributed by atoms with E-state index >= 15 is 0 Å². The number of hydrogen-bond donors (Lipinski definition) is 1. The standard InChI is InChI=1S/C15H15N2O2/c1-17(11-15(18)19)10-12-4-6-13(7-5-12)14-3-2-8-16-9-14/h3-9H,10-11H2,1H3,(H,18,19). The van der Waals surface area contributed by atoms with E-state index in [1.54, 1.807) is 24.3 Å². The molecule has 0 saturated heterocycles. The van der Waals surface area contributed by atoms with Crippen LogP contribution in [0.1, 0.15) is 5.56 Å². The molecule has 0 spiro atoms. The van der Waals surface area contributed by atoms with Crippen molar-refractivity contribution in [3.8, 4) is 11.1 Å². The number of carbonyl (C=O) groups is 1. The number of carboxylic acids is 1. The van der Waals surface area contributed by atoms with Crippen molar-refractivity contribution in [2.45, 2.75) is 6.54 Å². The Morgan fingerprint density at radius 1 is 1.32 bits per heavy atom. The van der Waals surface area contributed by atoms with Gasteiger partial charge >= 0.3 is 5.97 Å². The monoisotopic (exact) mass is 255 g/mol. The van der Waals surface area contributed by atoms with Crippen molar-refractivity contribution in [3.63, 3.8) is 0 Å². The lowest BCUT2D eigenvalue weighted by atomic mass is 10.1. The smallest absolute Gasteiger partial charge is 0.317 e. The van der Waals surface area contributed by atoms with Gasteiger partial charge in [-0.3, -0.25) is 14.7 Å². The predicted molar refractivity (Wildman–Crippen MR) is 72.5 cm³/mol. The second-order valence-corrected chi connectivity index (χ2v) is 4.44. The van der Waals surface area contributed by atoms with Crippen LogP contribution in [0.4, 0.5) is 0 Å². The van der Waals surface area contributed by atoms with Crippen molar-refractivity contribution >= 4 is 5.97 Å². The summed E-state index contributed by atoms with van der Waals surface area (Å²) in [5.74, 6) is -0.815. The maximum Gasteiger partial charge on any atom is 0.317 e. The average molecular weight is 255 g/mol. The molecule has 19 heavy (non-hydrogen) atoms. The molecule has 0 amide bonds. The van der Waals surface area contributed by atoms with Crippen LogP contribution in [-0.4, -0.2) is 34.6 Å². The van der Waals surface area contributed by atoms with Crippen LogP contribution in [0.3, 0.4) is 0 Å². The van der Waals surface area contributed by atoms with E-state index in [1.165, 1.54) is 0 Å². The number of nitrogens with zero attached hydrogens (tertiary/aromatic N) is 2. The molecule has 4 nitrogen and oxygen atoms in total. The molecule has 0 fully saturated rings. The molecule has 2 rings (SSSR count). The van der Waals surface area contributed by atoms with Crippen molar-refractivity contribution in [1.82, 2.24) is 9.88 Å². The third-order valence-electron chi connectivity index (χ3n) is 2.75. The van der Waals surface area contributed by atoms with Gasteiger partial charge in [0.05, 0.1) is 6.54 Å². The third kappa shape index (κ3) is 3.89. The minimum Gasteiger partial charge on any atom is -0.480 e. The highest BCUT2D eigenvalue weighted by Crippen LogP contribution is 2.18. The number of hydrogen-bond acceptors (Lipinski definition) is 3. The number of benzene rings is 1. The lowest BCUT2D eigenvalue weighted by molar-refractivity contribution is -0.138. The zero-order chi connectivity index (χ0) is 13.7. The molecule has 1 aromatic heterocycles. The van der Waals surface area contributed by atoms with E-state index in [0.29, 0.717) is 6.54 Å². The van der Waals surface area contributed by atoms with Gasteiger partial charge in [0.25, 0.3) is 0 Å². The summed E-state index contributed by atoms with van der Waals surface area (Å²) in [7, 11) is 1.79. The molecular weight excluding hydrogens is 240 g/mol. The number of aliphatic carboxylic acids is 1. The van der Waals surface area contributed by atoms with Crippen molar-refractivity contribution in [1.29, 1.82) is 0 Å². The maximum absolute atomic E-state index is 10.6. The summed E-state index contributed by atoms with van der Waals surface area (Å²) in [5, 5.41) is 8.70. The Morgan fingerprint density at radius 3 is 2.63 bits per heavy atom.